The van der Waals surface area contributed by atoms with Crippen LogP contribution in [0.25, 0.3) is 5.84 Å². The Morgan fingerprint density at radius 1 is 1.86 bits per heavy atom. The maximum Gasteiger partial charge on any atom is 0.0790 e. The molecule has 2 unspecified atom stereocenters. The van der Waals surface area contributed by atoms with Gasteiger partial charge < -0.3 is 11.0 Å². The Kier molecular flexibility index (Phi) is 2.76. The van der Waals surface area contributed by atoms with Crippen molar-refractivity contribution >= 4 is 0 Å². The van der Waals surface area contributed by atoms with Crippen molar-refractivity contribution in [3.8, 4) is 0 Å². The minimum atomic E-state index is -1.19. The molecule has 0 aliphatic carbocycles. The summed E-state index contributed by atoms with van der Waals surface area (Å²) >= 11 is 0. The van der Waals surface area contributed by atoms with Crippen LogP contribution in [0.2, 0.25) is 0 Å². The van der Waals surface area contributed by atoms with E-state index < -0.39 is 5.34 Å². The van der Waals surface area contributed by atoms with Crippen molar-refractivity contribution in [1.82, 2.24) is 5.53 Å². The third-order valence-electron chi connectivity index (χ3n) is 0.294. The molecule has 5 N–H and O–H groups in total. The summed E-state index contributed by atoms with van der Waals surface area (Å²) in [5.74, 6) is 6.53. The van der Waals surface area contributed by atoms with E-state index in [1.165, 1.54) is 7.05 Å². The van der Waals surface area contributed by atoms with Gasteiger partial charge in [-0.25, -0.2) is 0 Å². The van der Waals surface area contributed by atoms with Crippen molar-refractivity contribution in [3.05, 3.63) is 11.0 Å². The Morgan fingerprint density at radius 2 is 2.29 bits per heavy atom. The van der Waals surface area contributed by atoms with Gasteiger partial charge in [-0.3, -0.25) is 5.12 Å². The molecule has 0 fully saturated rings. The molecule has 0 radical (unpaired) electrons. The Hall–Kier alpha value is -0.240. The summed E-state index contributed by atoms with van der Waals surface area (Å²) in [5.41, 5.74) is 1.81. The third-order valence-corrected chi connectivity index (χ3v) is 0.294. The van der Waals surface area contributed by atoms with Gasteiger partial charge in [0.05, 0.1) is 7.05 Å². The fraction of sp³-hybridized carbons (Fsp3) is 1.00. The molecule has 0 aromatic rings. The van der Waals surface area contributed by atoms with Crippen LogP contribution in [0.4, 0.5) is 0 Å². The average molecular weight is 108 g/mol. The molecule has 6 heteroatoms. The number of rotatable bonds is 2. The molecule has 6 nitrogen and oxygen atoms in total. The van der Waals surface area contributed by atoms with Crippen LogP contribution in [-0.4, -0.2) is 12.3 Å². The highest BCUT2D eigenvalue weighted by Gasteiger charge is 1.85. The third kappa shape index (κ3) is 5.76. The number of nitrogens with one attached hydrogen (secondary N) is 4. The lowest BCUT2D eigenvalue weighted by molar-refractivity contribution is -1.21. The van der Waals surface area contributed by atoms with Crippen LogP contribution in [0.15, 0.2) is 0 Å². The summed E-state index contributed by atoms with van der Waals surface area (Å²) in [4.78, 5) is 0. The SMILES string of the molecule is C[NH+]([NH-])N[NH+]([O-])O. The molecule has 0 aliphatic rings. The van der Waals surface area contributed by atoms with Crippen LogP contribution in [0, 0.1) is 5.21 Å². The predicted octanol–water partition coefficient (Wildman–Crippen LogP) is -3.34. The first-order valence-electron chi connectivity index (χ1n) is 1.68. The molecular weight excluding hydrogens is 100 g/mol. The first kappa shape index (κ1) is 6.76. The van der Waals surface area contributed by atoms with E-state index >= 15 is 0 Å². The van der Waals surface area contributed by atoms with Gasteiger partial charge in [0, 0.05) is 5.53 Å². The molecule has 0 aliphatic heterocycles. The summed E-state index contributed by atoms with van der Waals surface area (Å²) in [5, 5.41) is 16.1. The molecule has 0 saturated carbocycles. The van der Waals surface area contributed by atoms with E-state index in [0.717, 1.165) is 0 Å². The molecule has 0 aromatic carbocycles. The maximum absolute atomic E-state index is 9.56. The van der Waals surface area contributed by atoms with Crippen LogP contribution in [-0.2, 0) is 0 Å². The van der Waals surface area contributed by atoms with Gasteiger partial charge in [0.15, 0.2) is 0 Å². The predicted molar refractivity (Wildman–Crippen MR) is 20.5 cm³/mol. The van der Waals surface area contributed by atoms with Gasteiger partial charge in [0.1, 0.15) is 0 Å². The van der Waals surface area contributed by atoms with Gasteiger partial charge in [0.2, 0.25) is 0 Å². The highest BCUT2D eigenvalue weighted by molar-refractivity contribution is 3.87. The normalized spacial score (nSPS) is 18.9. The lowest BCUT2D eigenvalue weighted by Gasteiger charge is -2.18. The number of hydrogen-bond donors (Lipinski definition) is 4. The van der Waals surface area contributed by atoms with Gasteiger partial charge in [-0.05, 0) is 0 Å². The van der Waals surface area contributed by atoms with Crippen LogP contribution < -0.4 is 16.0 Å². The van der Waals surface area contributed by atoms with Gasteiger partial charge in [-0.1, -0.05) is 0 Å². The molecule has 0 rings (SSSR count). The standard InChI is InChI=1S/CH8N4O2/c1-4(2)3-5(6)7/h2-6H,1H3. The van der Waals surface area contributed by atoms with Crippen molar-refractivity contribution in [3.63, 3.8) is 0 Å². The van der Waals surface area contributed by atoms with E-state index in [0.29, 0.717) is 0 Å². The molecule has 0 heterocycles. The van der Waals surface area contributed by atoms with Crippen molar-refractivity contribution in [2.45, 2.75) is 0 Å². The van der Waals surface area contributed by atoms with Gasteiger partial charge >= 0.3 is 0 Å². The van der Waals surface area contributed by atoms with Crippen LogP contribution >= 0.6 is 0 Å². The van der Waals surface area contributed by atoms with E-state index in [1.54, 1.807) is 5.53 Å². The molecular formula is CH8N4O2. The Bertz CT molecular complexity index is 39.0. The molecule has 0 aromatic heterocycles. The van der Waals surface area contributed by atoms with E-state index in [2.05, 4.69) is 0 Å². The monoisotopic (exact) mass is 108 g/mol. The summed E-state index contributed by atoms with van der Waals surface area (Å²) < 4.78 is 0. The lowest BCUT2D eigenvalue weighted by atomic mass is 11.4. The molecule has 44 valence electrons. The zero-order chi connectivity index (χ0) is 5.86. The summed E-state index contributed by atoms with van der Waals surface area (Å²) in [6.45, 7) is 0. The minimum Gasteiger partial charge on any atom is -0.576 e. The highest BCUT2D eigenvalue weighted by atomic mass is 16.8. The van der Waals surface area contributed by atoms with Crippen LogP contribution in [0.3, 0.4) is 0 Å². The molecule has 0 amide bonds. The Balaban J connectivity index is 2.95. The minimum absolute atomic E-state index is 0.0625. The van der Waals surface area contributed by atoms with Crippen molar-refractivity contribution in [1.29, 1.82) is 0 Å². The molecule has 0 spiro atoms. The second-order valence-corrected chi connectivity index (χ2v) is 1.06. The van der Waals surface area contributed by atoms with E-state index in [9.17, 15) is 5.21 Å². The van der Waals surface area contributed by atoms with Crippen molar-refractivity contribution in [2.75, 3.05) is 7.05 Å². The van der Waals surface area contributed by atoms with Gasteiger partial charge in [-0.2, -0.15) is 5.21 Å². The quantitative estimate of drug-likeness (QED) is 0.279. The topological polar surface area (TPSA) is 88.0 Å². The Morgan fingerprint density at radius 3 is 2.29 bits per heavy atom. The smallest absolute Gasteiger partial charge is 0.0790 e. The zero-order valence-electron chi connectivity index (χ0n) is 3.86. The Labute approximate surface area is 40.6 Å². The highest BCUT2D eigenvalue weighted by Crippen LogP contribution is 1.08. The largest absolute Gasteiger partial charge is 0.576 e. The second kappa shape index (κ2) is 2.86. The zero-order valence-corrected chi connectivity index (χ0v) is 3.86. The van der Waals surface area contributed by atoms with E-state index in [-0.39, 0.29) is 5.12 Å². The van der Waals surface area contributed by atoms with Crippen molar-refractivity contribution < 1.29 is 15.7 Å². The fourth-order valence-corrected chi connectivity index (χ4v) is 0.160. The lowest BCUT2D eigenvalue weighted by Crippen LogP contribution is -3.33. The van der Waals surface area contributed by atoms with E-state index in [1.807, 2.05) is 0 Å². The summed E-state index contributed by atoms with van der Waals surface area (Å²) in [7, 11) is 1.36. The van der Waals surface area contributed by atoms with Gasteiger partial charge in [-0.15, -0.1) is 5.34 Å². The average Bonchev–Trinajstić information content (AvgIpc) is 1.27. The molecule has 0 saturated heterocycles. The fourth-order valence-electron chi connectivity index (χ4n) is 0.160. The van der Waals surface area contributed by atoms with Crippen LogP contribution in [0.5, 0.6) is 0 Å². The van der Waals surface area contributed by atoms with Gasteiger partial charge in [0.25, 0.3) is 0 Å². The number of hydrogen-bond acceptors (Lipinski definition) is 3. The van der Waals surface area contributed by atoms with Crippen molar-refractivity contribution in [2.24, 2.45) is 0 Å². The number of quaternary nitrogens is 2. The summed E-state index contributed by atoms with van der Waals surface area (Å²) in [6, 6.07) is 0. The van der Waals surface area contributed by atoms with E-state index in [4.69, 9.17) is 11.0 Å². The first-order valence-corrected chi connectivity index (χ1v) is 1.68. The maximum atomic E-state index is 9.56. The van der Waals surface area contributed by atoms with Crippen LogP contribution in [0.1, 0.15) is 0 Å². The summed E-state index contributed by atoms with van der Waals surface area (Å²) in [6.07, 6.45) is 0. The molecule has 2 atom stereocenters. The second-order valence-electron chi connectivity index (χ2n) is 1.06. The molecule has 0 bridgehead atoms. The first-order chi connectivity index (χ1) is 3.13. The molecule has 7 heavy (non-hydrogen) atoms.